The second kappa shape index (κ2) is 6.97. The molecule has 3 unspecified atom stereocenters. The molecule has 0 aliphatic heterocycles. The third-order valence-electron chi connectivity index (χ3n) is 3.73. The van der Waals surface area contributed by atoms with Gasteiger partial charge in [-0.15, -0.1) is 11.8 Å². The Kier molecular flexibility index (Phi) is 5.91. The monoisotopic (exact) mass is 221 g/mol. The Bertz CT molecular complexity index is 246. The Morgan fingerprint density at radius 1 is 1.25 bits per heavy atom. The van der Waals surface area contributed by atoms with Crippen molar-refractivity contribution >= 4 is 0 Å². The molecule has 0 amide bonds. The van der Waals surface area contributed by atoms with Crippen molar-refractivity contribution < 1.29 is 0 Å². The topological polar surface area (TPSA) is 12.0 Å². The molecular formula is C15H27N. The summed E-state index contributed by atoms with van der Waals surface area (Å²) in [4.78, 5) is 0. The molecule has 1 N–H and O–H groups in total. The van der Waals surface area contributed by atoms with E-state index in [2.05, 4.69) is 37.9 Å². The lowest BCUT2D eigenvalue weighted by Gasteiger charge is -2.34. The van der Waals surface area contributed by atoms with Crippen LogP contribution in [0.15, 0.2) is 0 Å². The highest BCUT2D eigenvalue weighted by molar-refractivity contribution is 4.98. The van der Waals surface area contributed by atoms with Crippen LogP contribution in [0.25, 0.3) is 0 Å². The lowest BCUT2D eigenvalue weighted by Crippen LogP contribution is -2.35. The molecule has 0 aromatic carbocycles. The zero-order chi connectivity index (χ0) is 12.0. The maximum atomic E-state index is 3.59. The molecule has 16 heavy (non-hydrogen) atoms. The van der Waals surface area contributed by atoms with Crippen molar-refractivity contribution in [3.8, 4) is 11.8 Å². The summed E-state index contributed by atoms with van der Waals surface area (Å²) in [6, 6.07) is 0.609. The first-order chi connectivity index (χ1) is 7.63. The van der Waals surface area contributed by atoms with Gasteiger partial charge in [0.25, 0.3) is 0 Å². The fourth-order valence-electron chi connectivity index (χ4n) is 2.70. The lowest BCUT2D eigenvalue weighted by atomic mass is 9.73. The van der Waals surface area contributed by atoms with Crippen LogP contribution in [-0.4, -0.2) is 12.6 Å². The van der Waals surface area contributed by atoms with E-state index in [4.69, 9.17) is 0 Å². The molecule has 3 atom stereocenters. The van der Waals surface area contributed by atoms with Crippen LogP contribution in [-0.2, 0) is 0 Å². The summed E-state index contributed by atoms with van der Waals surface area (Å²) in [6.45, 7) is 9.98. The fourth-order valence-corrected chi connectivity index (χ4v) is 2.70. The summed E-state index contributed by atoms with van der Waals surface area (Å²) < 4.78 is 0. The molecule has 0 radical (unpaired) electrons. The molecule has 0 spiro atoms. The summed E-state index contributed by atoms with van der Waals surface area (Å²) >= 11 is 0. The summed E-state index contributed by atoms with van der Waals surface area (Å²) in [5.41, 5.74) is 0. The van der Waals surface area contributed by atoms with Gasteiger partial charge in [0.05, 0.1) is 0 Å². The SMILES string of the molecule is CC#CCC1CC(C)CCC1CNC(C)C. The molecule has 1 heteroatoms. The van der Waals surface area contributed by atoms with Gasteiger partial charge in [0, 0.05) is 12.5 Å². The van der Waals surface area contributed by atoms with Crippen molar-refractivity contribution in [2.24, 2.45) is 17.8 Å². The largest absolute Gasteiger partial charge is 0.314 e. The van der Waals surface area contributed by atoms with Gasteiger partial charge in [-0.25, -0.2) is 0 Å². The van der Waals surface area contributed by atoms with Crippen LogP contribution in [0.5, 0.6) is 0 Å². The molecule has 1 aliphatic rings. The van der Waals surface area contributed by atoms with Gasteiger partial charge in [-0.05, 0) is 44.1 Å². The van der Waals surface area contributed by atoms with Crippen molar-refractivity contribution in [3.63, 3.8) is 0 Å². The predicted molar refractivity (Wildman–Crippen MR) is 71.2 cm³/mol. The Labute approximate surface area is 101 Å². The summed E-state index contributed by atoms with van der Waals surface area (Å²) in [7, 11) is 0. The second-order valence-electron chi connectivity index (χ2n) is 5.63. The quantitative estimate of drug-likeness (QED) is 0.717. The van der Waals surface area contributed by atoms with Gasteiger partial charge in [-0.2, -0.15) is 0 Å². The van der Waals surface area contributed by atoms with E-state index in [9.17, 15) is 0 Å². The molecule has 1 aliphatic carbocycles. The van der Waals surface area contributed by atoms with Gasteiger partial charge >= 0.3 is 0 Å². The molecule has 0 aromatic rings. The van der Waals surface area contributed by atoms with Gasteiger partial charge in [0.15, 0.2) is 0 Å². The molecule has 1 nitrogen and oxygen atoms in total. The average molecular weight is 221 g/mol. The molecule has 92 valence electrons. The lowest BCUT2D eigenvalue weighted by molar-refractivity contribution is 0.185. The molecule has 0 heterocycles. The van der Waals surface area contributed by atoms with Crippen molar-refractivity contribution in [1.29, 1.82) is 0 Å². The third-order valence-corrected chi connectivity index (χ3v) is 3.73. The molecule has 1 rings (SSSR count). The minimum atomic E-state index is 0.609. The van der Waals surface area contributed by atoms with Crippen LogP contribution in [0, 0.1) is 29.6 Å². The Morgan fingerprint density at radius 3 is 2.62 bits per heavy atom. The fraction of sp³-hybridized carbons (Fsp3) is 0.867. The van der Waals surface area contributed by atoms with Gasteiger partial charge in [-0.1, -0.05) is 27.2 Å². The van der Waals surface area contributed by atoms with E-state index in [0.717, 1.165) is 24.2 Å². The minimum Gasteiger partial charge on any atom is -0.314 e. The highest BCUT2D eigenvalue weighted by atomic mass is 14.9. The first-order valence-corrected chi connectivity index (χ1v) is 6.76. The van der Waals surface area contributed by atoms with E-state index >= 15 is 0 Å². The highest BCUT2D eigenvalue weighted by Gasteiger charge is 2.27. The van der Waals surface area contributed by atoms with Crippen LogP contribution in [0.4, 0.5) is 0 Å². The van der Waals surface area contributed by atoms with E-state index in [0.29, 0.717) is 6.04 Å². The van der Waals surface area contributed by atoms with E-state index in [1.165, 1.54) is 25.8 Å². The van der Waals surface area contributed by atoms with Crippen molar-refractivity contribution in [2.45, 2.75) is 59.4 Å². The van der Waals surface area contributed by atoms with E-state index in [-0.39, 0.29) is 0 Å². The number of nitrogens with one attached hydrogen (secondary N) is 1. The maximum absolute atomic E-state index is 3.59. The average Bonchev–Trinajstić information content (AvgIpc) is 2.24. The number of hydrogen-bond donors (Lipinski definition) is 1. The highest BCUT2D eigenvalue weighted by Crippen LogP contribution is 2.35. The molecular weight excluding hydrogens is 194 g/mol. The van der Waals surface area contributed by atoms with Gasteiger partial charge < -0.3 is 5.32 Å². The summed E-state index contributed by atoms with van der Waals surface area (Å²) in [5, 5.41) is 3.59. The first-order valence-electron chi connectivity index (χ1n) is 6.76. The van der Waals surface area contributed by atoms with Crippen LogP contribution in [0.3, 0.4) is 0 Å². The maximum Gasteiger partial charge on any atom is 0.0120 e. The standard InChI is InChI=1S/C15H27N/c1-5-6-7-14-10-13(4)8-9-15(14)11-16-12(2)3/h12-16H,7-11H2,1-4H3. The van der Waals surface area contributed by atoms with Crippen LogP contribution < -0.4 is 5.32 Å². The zero-order valence-corrected chi connectivity index (χ0v) is 11.3. The van der Waals surface area contributed by atoms with Crippen molar-refractivity contribution in [3.05, 3.63) is 0 Å². The van der Waals surface area contributed by atoms with Crippen LogP contribution >= 0.6 is 0 Å². The normalized spacial score (nSPS) is 29.9. The van der Waals surface area contributed by atoms with Crippen LogP contribution in [0.2, 0.25) is 0 Å². The van der Waals surface area contributed by atoms with Crippen LogP contribution in [0.1, 0.15) is 53.4 Å². The Morgan fingerprint density at radius 2 is 2.00 bits per heavy atom. The third kappa shape index (κ3) is 4.58. The van der Waals surface area contributed by atoms with Gasteiger partial charge in [0.1, 0.15) is 0 Å². The summed E-state index contributed by atoms with van der Waals surface area (Å²) in [6.07, 6.45) is 5.27. The van der Waals surface area contributed by atoms with E-state index in [1.54, 1.807) is 0 Å². The van der Waals surface area contributed by atoms with E-state index in [1.807, 2.05) is 6.92 Å². The number of rotatable bonds is 4. The van der Waals surface area contributed by atoms with Crippen molar-refractivity contribution in [1.82, 2.24) is 5.32 Å². The smallest absolute Gasteiger partial charge is 0.0120 e. The Balaban J connectivity index is 2.45. The van der Waals surface area contributed by atoms with Gasteiger partial charge in [-0.3, -0.25) is 0 Å². The summed E-state index contributed by atoms with van der Waals surface area (Å²) in [5.74, 6) is 8.89. The number of hydrogen-bond acceptors (Lipinski definition) is 1. The predicted octanol–water partition coefficient (Wildman–Crippen LogP) is 3.45. The molecule has 0 bridgehead atoms. The Hall–Kier alpha value is -0.480. The zero-order valence-electron chi connectivity index (χ0n) is 11.3. The van der Waals surface area contributed by atoms with E-state index < -0.39 is 0 Å². The molecule has 0 aromatic heterocycles. The molecule has 0 saturated heterocycles. The molecule has 1 fully saturated rings. The first kappa shape index (κ1) is 13.6. The van der Waals surface area contributed by atoms with Crippen molar-refractivity contribution in [2.75, 3.05) is 6.54 Å². The minimum absolute atomic E-state index is 0.609. The second-order valence-corrected chi connectivity index (χ2v) is 5.63. The van der Waals surface area contributed by atoms with Gasteiger partial charge in [0.2, 0.25) is 0 Å². The molecule has 1 saturated carbocycles.